The van der Waals surface area contributed by atoms with Gasteiger partial charge in [-0.2, -0.15) is 0 Å². The molecule has 0 bridgehead atoms. The van der Waals surface area contributed by atoms with Gasteiger partial charge in [-0.25, -0.2) is 18.1 Å². The van der Waals surface area contributed by atoms with Crippen molar-refractivity contribution in [2.24, 2.45) is 5.73 Å². The quantitative estimate of drug-likeness (QED) is 0.651. The summed E-state index contributed by atoms with van der Waals surface area (Å²) in [6.45, 7) is 3.39. The molecule has 1 heterocycles. The van der Waals surface area contributed by atoms with Crippen molar-refractivity contribution in [3.63, 3.8) is 0 Å². The molecular formula is C8H16N4O2S. The van der Waals surface area contributed by atoms with Crippen molar-refractivity contribution in [2.75, 3.05) is 6.54 Å². The van der Waals surface area contributed by atoms with Crippen molar-refractivity contribution in [2.45, 2.75) is 25.1 Å². The van der Waals surface area contributed by atoms with Gasteiger partial charge in [0.2, 0.25) is 10.0 Å². The van der Waals surface area contributed by atoms with E-state index in [1.807, 2.05) is 0 Å². The summed E-state index contributed by atoms with van der Waals surface area (Å²) < 4.78 is 25.8. The maximum Gasteiger partial charge on any atom is 0.216 e. The lowest BCUT2D eigenvalue weighted by Gasteiger charge is -2.15. The van der Waals surface area contributed by atoms with E-state index in [0.717, 1.165) is 0 Å². The van der Waals surface area contributed by atoms with Gasteiger partial charge < -0.3 is 10.7 Å². The maximum atomic E-state index is 11.6. The standard InChI is InChI=1S/C8H16N4O2S/c1-6(5-9)15(13,14)12-7(2)8-10-3-4-11-8/h3-4,6-7,12H,5,9H2,1-2H3,(H,10,11). The SMILES string of the molecule is CC(NS(=O)(=O)C(C)CN)c1ncc[nH]1. The van der Waals surface area contributed by atoms with E-state index in [1.54, 1.807) is 26.2 Å². The summed E-state index contributed by atoms with van der Waals surface area (Å²) in [4.78, 5) is 6.82. The van der Waals surface area contributed by atoms with Crippen LogP contribution in [0.4, 0.5) is 0 Å². The summed E-state index contributed by atoms with van der Waals surface area (Å²) >= 11 is 0. The number of hydrogen-bond donors (Lipinski definition) is 3. The van der Waals surface area contributed by atoms with E-state index >= 15 is 0 Å². The molecule has 0 spiro atoms. The second-order valence-corrected chi connectivity index (χ2v) is 5.54. The van der Waals surface area contributed by atoms with Gasteiger partial charge in [-0.1, -0.05) is 0 Å². The Morgan fingerprint density at radius 3 is 2.73 bits per heavy atom. The lowest BCUT2D eigenvalue weighted by Crippen LogP contribution is -2.38. The van der Waals surface area contributed by atoms with E-state index in [-0.39, 0.29) is 12.6 Å². The molecule has 1 aromatic heterocycles. The molecule has 0 fully saturated rings. The number of nitrogens with zero attached hydrogens (tertiary/aromatic N) is 1. The molecule has 1 aromatic rings. The maximum absolute atomic E-state index is 11.6. The van der Waals surface area contributed by atoms with Crippen LogP contribution in [0.15, 0.2) is 12.4 Å². The van der Waals surface area contributed by atoms with Gasteiger partial charge in [-0.05, 0) is 13.8 Å². The molecule has 4 N–H and O–H groups in total. The van der Waals surface area contributed by atoms with Crippen LogP contribution < -0.4 is 10.5 Å². The zero-order chi connectivity index (χ0) is 11.5. The van der Waals surface area contributed by atoms with Crippen LogP contribution in [0.5, 0.6) is 0 Å². The number of nitrogens with one attached hydrogen (secondary N) is 2. The van der Waals surface area contributed by atoms with Crippen molar-refractivity contribution in [1.29, 1.82) is 0 Å². The van der Waals surface area contributed by atoms with E-state index in [0.29, 0.717) is 5.82 Å². The Bertz CT molecular complexity index is 387. The molecule has 6 nitrogen and oxygen atoms in total. The molecule has 86 valence electrons. The fraction of sp³-hybridized carbons (Fsp3) is 0.625. The third kappa shape index (κ3) is 3.01. The first kappa shape index (κ1) is 12.2. The fourth-order valence-corrected chi connectivity index (χ4v) is 2.15. The van der Waals surface area contributed by atoms with Gasteiger partial charge in [0, 0.05) is 18.9 Å². The summed E-state index contributed by atoms with van der Waals surface area (Å²) in [5, 5.41) is -0.602. The van der Waals surface area contributed by atoms with Crippen LogP contribution in [0.3, 0.4) is 0 Å². The first-order valence-corrected chi connectivity index (χ1v) is 6.22. The molecule has 1 rings (SSSR count). The third-order valence-electron chi connectivity index (χ3n) is 2.13. The number of sulfonamides is 1. The van der Waals surface area contributed by atoms with E-state index in [1.165, 1.54) is 0 Å². The average Bonchev–Trinajstić information content (AvgIpc) is 2.68. The highest BCUT2D eigenvalue weighted by atomic mass is 32.2. The minimum atomic E-state index is -3.37. The van der Waals surface area contributed by atoms with Crippen LogP contribution in [0.25, 0.3) is 0 Å². The van der Waals surface area contributed by atoms with Crippen LogP contribution in [0.1, 0.15) is 25.7 Å². The van der Waals surface area contributed by atoms with Crippen LogP contribution >= 0.6 is 0 Å². The number of nitrogens with two attached hydrogens (primary N) is 1. The number of aromatic amines is 1. The molecule has 0 radical (unpaired) electrons. The zero-order valence-corrected chi connectivity index (χ0v) is 9.58. The lowest BCUT2D eigenvalue weighted by molar-refractivity contribution is 0.549. The third-order valence-corrected chi connectivity index (χ3v) is 4.07. The first-order chi connectivity index (χ1) is 6.97. The molecule has 15 heavy (non-hydrogen) atoms. The Balaban J connectivity index is 2.70. The second kappa shape index (κ2) is 4.73. The van der Waals surface area contributed by atoms with Gasteiger partial charge in [-0.15, -0.1) is 0 Å². The molecule has 0 saturated heterocycles. The van der Waals surface area contributed by atoms with E-state index in [9.17, 15) is 8.42 Å². The van der Waals surface area contributed by atoms with E-state index in [4.69, 9.17) is 5.73 Å². The Morgan fingerprint density at radius 2 is 2.27 bits per heavy atom. The van der Waals surface area contributed by atoms with Crippen molar-refractivity contribution >= 4 is 10.0 Å². The number of aromatic nitrogens is 2. The summed E-state index contributed by atoms with van der Waals surface area (Å²) in [5.74, 6) is 0.586. The van der Waals surface area contributed by atoms with Gasteiger partial charge in [0.25, 0.3) is 0 Å². The van der Waals surface area contributed by atoms with Crippen molar-refractivity contribution < 1.29 is 8.42 Å². The second-order valence-electron chi connectivity index (χ2n) is 3.41. The molecule has 0 amide bonds. The normalized spacial score (nSPS) is 16.2. The summed E-state index contributed by atoms with van der Waals surface area (Å²) in [7, 11) is -3.37. The fourth-order valence-electron chi connectivity index (χ4n) is 1.06. The largest absolute Gasteiger partial charge is 0.347 e. The van der Waals surface area contributed by atoms with Crippen LogP contribution in [0, 0.1) is 0 Å². The molecule has 2 atom stereocenters. The smallest absolute Gasteiger partial charge is 0.216 e. The lowest BCUT2D eigenvalue weighted by atomic mass is 10.3. The van der Waals surface area contributed by atoms with Crippen molar-refractivity contribution in [3.05, 3.63) is 18.2 Å². The highest BCUT2D eigenvalue weighted by molar-refractivity contribution is 7.90. The Kier molecular flexibility index (Phi) is 3.83. The minimum Gasteiger partial charge on any atom is -0.347 e. The van der Waals surface area contributed by atoms with E-state index < -0.39 is 15.3 Å². The predicted molar refractivity (Wildman–Crippen MR) is 57.6 cm³/mol. The molecule has 0 aliphatic rings. The number of imidazole rings is 1. The van der Waals surface area contributed by atoms with Gasteiger partial charge in [0.1, 0.15) is 5.82 Å². The number of hydrogen-bond acceptors (Lipinski definition) is 4. The van der Waals surface area contributed by atoms with Crippen LogP contribution in [-0.2, 0) is 10.0 Å². The molecule has 7 heteroatoms. The average molecular weight is 232 g/mol. The monoisotopic (exact) mass is 232 g/mol. The Labute approximate surface area is 89.3 Å². The molecule has 0 aliphatic heterocycles. The summed E-state index contributed by atoms with van der Waals surface area (Å²) in [5.41, 5.74) is 5.31. The predicted octanol–water partition coefficient (Wildman–Crippen LogP) is -0.263. The van der Waals surface area contributed by atoms with Crippen LogP contribution in [-0.4, -0.2) is 30.2 Å². The van der Waals surface area contributed by atoms with E-state index in [2.05, 4.69) is 14.7 Å². The highest BCUT2D eigenvalue weighted by Gasteiger charge is 2.22. The van der Waals surface area contributed by atoms with Gasteiger partial charge in [0.15, 0.2) is 0 Å². The molecule has 2 unspecified atom stereocenters. The van der Waals surface area contributed by atoms with Gasteiger partial charge in [-0.3, -0.25) is 0 Å². The van der Waals surface area contributed by atoms with Gasteiger partial charge in [0.05, 0.1) is 11.3 Å². The topological polar surface area (TPSA) is 101 Å². The van der Waals surface area contributed by atoms with Crippen molar-refractivity contribution in [1.82, 2.24) is 14.7 Å². The number of rotatable bonds is 5. The Morgan fingerprint density at radius 1 is 1.60 bits per heavy atom. The molecule has 0 aliphatic carbocycles. The van der Waals surface area contributed by atoms with Crippen LogP contribution in [0.2, 0.25) is 0 Å². The summed E-state index contributed by atoms with van der Waals surface area (Å²) in [6, 6.07) is -0.376. The van der Waals surface area contributed by atoms with Gasteiger partial charge >= 0.3 is 0 Å². The Hall–Kier alpha value is -0.920. The molecule has 0 aromatic carbocycles. The molecule has 0 saturated carbocycles. The first-order valence-electron chi connectivity index (χ1n) is 4.68. The summed E-state index contributed by atoms with van der Waals surface area (Å²) in [6.07, 6.45) is 3.22. The zero-order valence-electron chi connectivity index (χ0n) is 8.77. The number of H-pyrrole nitrogens is 1. The molecular weight excluding hydrogens is 216 g/mol. The highest BCUT2D eigenvalue weighted by Crippen LogP contribution is 2.09. The van der Waals surface area contributed by atoms with Crippen molar-refractivity contribution in [3.8, 4) is 0 Å². The minimum absolute atomic E-state index is 0.0974.